The number of amides is 3. The van der Waals surface area contributed by atoms with Crippen molar-refractivity contribution in [3.63, 3.8) is 0 Å². The Bertz CT molecular complexity index is 1940. The number of carbonyl (C=O) groups is 3. The van der Waals surface area contributed by atoms with Crippen molar-refractivity contribution < 1.29 is 45.1 Å². The average Bonchev–Trinajstić information content (AvgIpc) is 3.43. The molecular weight excluding hydrogens is 663 g/mol. The highest BCUT2D eigenvalue weighted by molar-refractivity contribution is 8.00. The van der Waals surface area contributed by atoms with Crippen LogP contribution in [0.2, 0.25) is 0 Å². The number of thiazole rings is 1. The maximum Gasteiger partial charge on any atom is 0.418 e. The number of aromatic nitrogens is 1. The molecule has 46 heavy (non-hydrogen) atoms. The number of fused-ring (bicyclic) bond motifs is 2. The molecule has 1 saturated heterocycles. The molecule has 0 radical (unpaired) electrons. The first-order valence-corrected chi connectivity index (χ1v) is 15.0. The Kier molecular flexibility index (Phi) is 7.83. The van der Waals surface area contributed by atoms with Crippen molar-refractivity contribution in [2.24, 2.45) is 5.92 Å². The number of para-hydroxylation sites is 2. The first-order valence-electron chi connectivity index (χ1n) is 13.3. The van der Waals surface area contributed by atoms with Crippen LogP contribution in [-0.4, -0.2) is 27.5 Å². The van der Waals surface area contributed by atoms with E-state index in [1.54, 1.807) is 0 Å². The second-order valence-corrected chi connectivity index (χ2v) is 12.5. The van der Waals surface area contributed by atoms with Gasteiger partial charge in [-0.3, -0.25) is 23.7 Å². The third-order valence-electron chi connectivity index (χ3n) is 7.54. The maximum absolute atomic E-state index is 13.9. The molecule has 238 valence electrons. The Morgan fingerprint density at radius 3 is 2.07 bits per heavy atom. The molecule has 0 bridgehead atoms. The van der Waals surface area contributed by atoms with Gasteiger partial charge in [0.15, 0.2) is 0 Å². The first-order chi connectivity index (χ1) is 21.7. The topological polar surface area (TPSA) is 88.5 Å². The fraction of sp³-hybridized carbons (Fsp3) is 0.200. The number of hydrogen-bond donors (Lipinski definition) is 1. The smallest absolute Gasteiger partial charge is 0.324 e. The summed E-state index contributed by atoms with van der Waals surface area (Å²) in [5.41, 5.74) is -3.29. The molecule has 2 aliphatic rings. The molecule has 0 unspecified atom stereocenters. The van der Waals surface area contributed by atoms with Crippen LogP contribution in [0.4, 0.5) is 42.1 Å². The summed E-state index contributed by atoms with van der Waals surface area (Å²) in [6.07, 6.45) is -9.70. The largest absolute Gasteiger partial charge is 0.418 e. The number of imide groups is 1. The molecule has 7 nitrogen and oxygen atoms in total. The molecule has 0 spiro atoms. The molecule has 1 fully saturated rings. The van der Waals surface area contributed by atoms with Crippen molar-refractivity contribution in [3.05, 3.63) is 110 Å². The zero-order valence-electron chi connectivity index (χ0n) is 22.9. The van der Waals surface area contributed by atoms with Gasteiger partial charge >= 0.3 is 17.2 Å². The van der Waals surface area contributed by atoms with Crippen molar-refractivity contribution in [2.75, 3.05) is 10.2 Å². The van der Waals surface area contributed by atoms with Crippen LogP contribution in [0.1, 0.15) is 27.5 Å². The molecule has 1 aromatic heterocycles. The number of anilines is 2. The van der Waals surface area contributed by atoms with Crippen LogP contribution in [0.5, 0.6) is 0 Å². The van der Waals surface area contributed by atoms with Crippen LogP contribution in [0, 0.1) is 11.7 Å². The zero-order valence-corrected chi connectivity index (χ0v) is 24.5. The fourth-order valence-corrected chi connectivity index (χ4v) is 8.38. The molecule has 1 N–H and O–H groups in total. The number of nitrogens with one attached hydrogen (secondary N) is 1. The van der Waals surface area contributed by atoms with Crippen LogP contribution >= 0.6 is 23.1 Å². The van der Waals surface area contributed by atoms with Gasteiger partial charge in [-0.05, 0) is 42.0 Å². The molecule has 2 aliphatic heterocycles. The highest BCUT2D eigenvalue weighted by Crippen LogP contribution is 2.54. The quantitative estimate of drug-likeness (QED) is 0.192. The van der Waals surface area contributed by atoms with Crippen LogP contribution in [0.25, 0.3) is 0 Å². The predicted molar refractivity (Wildman–Crippen MR) is 154 cm³/mol. The predicted octanol–water partition coefficient (Wildman–Crippen LogP) is 6.52. The van der Waals surface area contributed by atoms with E-state index in [9.17, 15) is 49.9 Å². The Labute approximate surface area is 262 Å². The molecule has 0 aliphatic carbocycles. The Morgan fingerprint density at radius 2 is 1.41 bits per heavy atom. The third-order valence-corrected chi connectivity index (χ3v) is 10.1. The van der Waals surface area contributed by atoms with Gasteiger partial charge in [-0.2, -0.15) is 26.3 Å². The number of benzene rings is 3. The van der Waals surface area contributed by atoms with Crippen LogP contribution < -0.4 is 15.1 Å². The van der Waals surface area contributed by atoms with E-state index in [0.717, 1.165) is 53.1 Å². The van der Waals surface area contributed by atoms with Gasteiger partial charge < -0.3 is 5.32 Å². The van der Waals surface area contributed by atoms with Gasteiger partial charge in [0.25, 0.3) is 0 Å². The van der Waals surface area contributed by atoms with Gasteiger partial charge in [0.1, 0.15) is 17.6 Å². The van der Waals surface area contributed by atoms with Crippen molar-refractivity contribution in [1.29, 1.82) is 0 Å². The van der Waals surface area contributed by atoms with Gasteiger partial charge in [0, 0.05) is 10.8 Å². The fourth-order valence-electron chi connectivity index (χ4n) is 5.60. The van der Waals surface area contributed by atoms with Crippen LogP contribution in [0.3, 0.4) is 0 Å². The van der Waals surface area contributed by atoms with Crippen LogP contribution in [0.15, 0.2) is 82.6 Å². The number of hydrogen-bond acceptors (Lipinski definition) is 6. The summed E-state index contributed by atoms with van der Waals surface area (Å²) in [6.45, 7) is -0.778. The van der Waals surface area contributed by atoms with Crippen LogP contribution in [-0.2, 0) is 33.3 Å². The van der Waals surface area contributed by atoms with E-state index in [4.69, 9.17) is 0 Å². The number of carbonyl (C=O) groups excluding carboxylic acids is 3. The molecular formula is C30H18F7N3O4S2. The molecule has 0 saturated carbocycles. The lowest BCUT2D eigenvalue weighted by Gasteiger charge is -2.30. The van der Waals surface area contributed by atoms with Crippen molar-refractivity contribution >= 4 is 52.2 Å². The summed E-state index contributed by atoms with van der Waals surface area (Å²) >= 11 is 1.31. The third kappa shape index (κ3) is 5.48. The monoisotopic (exact) mass is 681 g/mol. The molecule has 3 atom stereocenters. The highest BCUT2D eigenvalue weighted by atomic mass is 32.2. The first kappa shape index (κ1) is 31.5. The van der Waals surface area contributed by atoms with E-state index in [-0.39, 0.29) is 15.5 Å². The van der Waals surface area contributed by atoms with E-state index < -0.39 is 86.9 Å². The van der Waals surface area contributed by atoms with Gasteiger partial charge in [-0.1, -0.05) is 59.5 Å². The summed E-state index contributed by atoms with van der Waals surface area (Å²) < 4.78 is 97.0. The van der Waals surface area contributed by atoms with E-state index in [0.29, 0.717) is 28.0 Å². The number of alkyl halides is 6. The highest BCUT2D eigenvalue weighted by Gasteiger charge is 2.57. The summed E-state index contributed by atoms with van der Waals surface area (Å²) in [5, 5.41) is 0.832. The van der Waals surface area contributed by atoms with Crippen molar-refractivity contribution in [2.45, 2.75) is 35.1 Å². The van der Waals surface area contributed by atoms with E-state index in [2.05, 4.69) is 5.32 Å². The number of halogens is 7. The molecule has 16 heteroatoms. The Balaban J connectivity index is 1.42. The molecule has 6 rings (SSSR count). The minimum Gasteiger partial charge on any atom is -0.324 e. The summed E-state index contributed by atoms with van der Waals surface area (Å²) in [6, 6.07) is 13.1. The second kappa shape index (κ2) is 11.4. The van der Waals surface area contributed by atoms with Crippen molar-refractivity contribution in [1.82, 2.24) is 4.57 Å². The summed E-state index contributed by atoms with van der Waals surface area (Å²) in [5.74, 6) is -6.02. The van der Waals surface area contributed by atoms with Gasteiger partial charge in [-0.25, -0.2) is 9.29 Å². The number of nitrogens with zero attached hydrogens (tertiary/aromatic N) is 2. The second-order valence-electron chi connectivity index (χ2n) is 10.3. The molecule has 3 amide bonds. The SMILES string of the molecule is O=C(Cn1c2c(sc1=O)[C@@H](c1ccc(F)cc1)[C@@H]1C(=O)N(c3ccccc3C(F)(F)F)C(=O)[C@@H]1S2)Nc1ccccc1C(F)(F)F. The van der Waals surface area contributed by atoms with Gasteiger partial charge in [-0.15, -0.1) is 0 Å². The molecule has 3 heterocycles. The summed E-state index contributed by atoms with van der Waals surface area (Å²) in [4.78, 5) is 53.8. The van der Waals surface area contributed by atoms with E-state index in [1.165, 1.54) is 24.3 Å². The normalized spacial score (nSPS) is 19.6. The van der Waals surface area contributed by atoms with Gasteiger partial charge in [0.05, 0.1) is 33.4 Å². The van der Waals surface area contributed by atoms with Crippen molar-refractivity contribution in [3.8, 4) is 0 Å². The minimum atomic E-state index is -4.91. The molecule has 3 aromatic carbocycles. The minimum absolute atomic E-state index is 0.0388. The summed E-state index contributed by atoms with van der Waals surface area (Å²) in [7, 11) is 0. The number of rotatable bonds is 5. The Hall–Kier alpha value is -4.44. The van der Waals surface area contributed by atoms with E-state index in [1.807, 2.05) is 0 Å². The standard InChI is InChI=1S/C30H18F7N3O4S2/c31-15-11-9-14(10-12-15)21-22-23(26(43)40(25(22)42)19-8-4-2-6-17(19)30(35,36)37)45-27-24(21)46-28(44)39(27)13-20(41)38-18-7-3-1-5-16(18)29(32,33)34/h1-12,21-23H,13H2,(H,38,41)/t21-,22-,23+/m0/s1. The number of thioether (sulfide) groups is 1. The average molecular weight is 682 g/mol. The Morgan fingerprint density at radius 1 is 0.804 bits per heavy atom. The van der Waals surface area contributed by atoms with Gasteiger partial charge in [0.2, 0.25) is 17.7 Å². The lowest BCUT2D eigenvalue weighted by atomic mass is 9.83. The maximum atomic E-state index is 13.9. The molecule has 4 aromatic rings. The zero-order chi connectivity index (χ0) is 33.1. The lowest BCUT2D eigenvalue weighted by Crippen LogP contribution is -2.33. The lowest BCUT2D eigenvalue weighted by molar-refractivity contribution is -0.138. The van der Waals surface area contributed by atoms with E-state index >= 15 is 0 Å².